The van der Waals surface area contributed by atoms with Crippen molar-refractivity contribution in [1.29, 1.82) is 0 Å². The van der Waals surface area contributed by atoms with Gasteiger partial charge in [0.1, 0.15) is 12.4 Å². The zero-order valence-corrected chi connectivity index (χ0v) is 15.3. The van der Waals surface area contributed by atoms with E-state index in [0.717, 1.165) is 5.56 Å². The van der Waals surface area contributed by atoms with Crippen molar-refractivity contribution in [2.45, 2.75) is 39.7 Å². The van der Waals surface area contributed by atoms with Gasteiger partial charge in [-0.2, -0.15) is 0 Å². The van der Waals surface area contributed by atoms with Gasteiger partial charge in [-0.15, -0.1) is 0 Å². The van der Waals surface area contributed by atoms with Crippen LogP contribution in [0.4, 0.5) is 0 Å². The molecule has 0 saturated heterocycles. The topological polar surface area (TPSA) is 29.5 Å². The minimum Gasteiger partial charge on any atom is -0.489 e. The van der Waals surface area contributed by atoms with Crippen molar-refractivity contribution in [2.75, 3.05) is 13.6 Å². The number of nitrogens with zero attached hydrogens (tertiary/aromatic N) is 1. The summed E-state index contributed by atoms with van der Waals surface area (Å²) in [6, 6.07) is 15.9. The van der Waals surface area contributed by atoms with E-state index in [1.165, 1.54) is 5.56 Å². The monoisotopic (exact) mass is 325 g/mol. The molecule has 2 rings (SSSR count). The summed E-state index contributed by atoms with van der Waals surface area (Å²) in [5, 5.41) is 0. The molecule has 128 valence electrons. The Labute approximate surface area is 145 Å². The highest BCUT2D eigenvalue weighted by molar-refractivity contribution is 5.94. The maximum Gasteiger partial charge on any atom is 0.253 e. The second-order valence-electron chi connectivity index (χ2n) is 7.08. The number of hydrogen-bond acceptors (Lipinski definition) is 2. The summed E-state index contributed by atoms with van der Waals surface area (Å²) in [5.41, 5.74) is 3.23. The van der Waals surface area contributed by atoms with E-state index >= 15 is 0 Å². The lowest BCUT2D eigenvalue weighted by atomic mass is 9.87. The molecular formula is C21H27NO2. The molecule has 0 unspecified atom stereocenters. The second-order valence-corrected chi connectivity index (χ2v) is 7.08. The Hall–Kier alpha value is -2.29. The summed E-state index contributed by atoms with van der Waals surface area (Å²) in [6.45, 7) is 9.74. The fourth-order valence-corrected chi connectivity index (χ4v) is 2.35. The largest absolute Gasteiger partial charge is 0.489 e. The van der Waals surface area contributed by atoms with Gasteiger partial charge in [0, 0.05) is 19.2 Å². The molecule has 0 radical (unpaired) electrons. The Morgan fingerprint density at radius 2 is 1.75 bits per heavy atom. The fraction of sp³-hybridized carbons (Fsp3) is 0.381. The highest BCUT2D eigenvalue weighted by Crippen LogP contribution is 2.23. The van der Waals surface area contributed by atoms with Crippen molar-refractivity contribution in [1.82, 2.24) is 4.90 Å². The molecule has 0 spiro atoms. The van der Waals surface area contributed by atoms with E-state index in [1.807, 2.05) is 25.1 Å². The fourth-order valence-electron chi connectivity index (χ4n) is 2.35. The number of benzene rings is 2. The van der Waals surface area contributed by atoms with Crippen LogP contribution in [0, 0.1) is 0 Å². The quantitative estimate of drug-likeness (QED) is 0.800. The van der Waals surface area contributed by atoms with Crippen LogP contribution in [0.3, 0.4) is 0 Å². The lowest BCUT2D eigenvalue weighted by molar-refractivity contribution is 0.0802. The zero-order valence-electron chi connectivity index (χ0n) is 15.3. The smallest absolute Gasteiger partial charge is 0.253 e. The van der Waals surface area contributed by atoms with Crippen LogP contribution < -0.4 is 4.74 Å². The number of rotatable bonds is 5. The Balaban J connectivity index is 2.03. The third kappa shape index (κ3) is 4.60. The zero-order chi connectivity index (χ0) is 17.7. The first-order valence-electron chi connectivity index (χ1n) is 8.39. The number of amides is 1. The molecule has 0 bridgehead atoms. The van der Waals surface area contributed by atoms with Gasteiger partial charge in [-0.1, -0.05) is 51.1 Å². The average molecular weight is 325 g/mol. The highest BCUT2D eigenvalue weighted by Gasteiger charge is 2.13. The molecule has 0 aliphatic heterocycles. The van der Waals surface area contributed by atoms with E-state index in [1.54, 1.807) is 18.0 Å². The Morgan fingerprint density at radius 1 is 1.08 bits per heavy atom. The first kappa shape index (κ1) is 18.1. The van der Waals surface area contributed by atoms with Crippen LogP contribution >= 0.6 is 0 Å². The van der Waals surface area contributed by atoms with Crippen LogP contribution in [0.2, 0.25) is 0 Å². The maximum absolute atomic E-state index is 12.2. The number of hydrogen-bond donors (Lipinski definition) is 0. The standard InChI is InChI=1S/C21H27NO2/c1-6-22(5)20(23)17-8-7-9-19(14-17)24-15-16-10-12-18(13-11-16)21(2,3)4/h7-14H,6,15H2,1-5H3. The first-order chi connectivity index (χ1) is 11.3. The Morgan fingerprint density at radius 3 is 2.33 bits per heavy atom. The van der Waals surface area contributed by atoms with Crippen LogP contribution in [0.1, 0.15) is 49.2 Å². The SMILES string of the molecule is CCN(C)C(=O)c1cccc(OCc2ccc(C(C)(C)C)cc2)c1. The van der Waals surface area contributed by atoms with E-state index in [2.05, 4.69) is 45.0 Å². The van der Waals surface area contributed by atoms with Crippen LogP contribution in [0.25, 0.3) is 0 Å². The summed E-state index contributed by atoms with van der Waals surface area (Å²) in [7, 11) is 1.80. The first-order valence-corrected chi connectivity index (χ1v) is 8.39. The minimum absolute atomic E-state index is 0.0116. The van der Waals surface area contributed by atoms with Crippen LogP contribution in [-0.2, 0) is 12.0 Å². The molecule has 0 N–H and O–H groups in total. The van der Waals surface area contributed by atoms with E-state index < -0.39 is 0 Å². The van der Waals surface area contributed by atoms with Crippen molar-refractivity contribution in [3.8, 4) is 5.75 Å². The van der Waals surface area contributed by atoms with Crippen molar-refractivity contribution < 1.29 is 9.53 Å². The summed E-state index contributed by atoms with van der Waals surface area (Å²) < 4.78 is 5.85. The van der Waals surface area contributed by atoms with Crippen molar-refractivity contribution >= 4 is 5.91 Å². The minimum atomic E-state index is 0.0116. The average Bonchev–Trinajstić information content (AvgIpc) is 2.58. The van der Waals surface area contributed by atoms with E-state index in [9.17, 15) is 4.79 Å². The molecule has 3 heteroatoms. The summed E-state index contributed by atoms with van der Waals surface area (Å²) in [4.78, 5) is 13.9. The molecule has 0 aliphatic rings. The van der Waals surface area contributed by atoms with Gasteiger partial charge in [-0.3, -0.25) is 4.79 Å². The van der Waals surface area contributed by atoms with Crippen molar-refractivity contribution in [3.05, 3.63) is 65.2 Å². The Kier molecular flexibility index (Phi) is 5.66. The van der Waals surface area contributed by atoms with Gasteiger partial charge in [0.05, 0.1) is 0 Å². The summed E-state index contributed by atoms with van der Waals surface area (Å²) in [5.74, 6) is 0.725. The Bertz CT molecular complexity index is 684. The van der Waals surface area contributed by atoms with E-state index in [-0.39, 0.29) is 11.3 Å². The molecule has 1 amide bonds. The third-order valence-electron chi connectivity index (χ3n) is 4.13. The summed E-state index contributed by atoms with van der Waals surface area (Å²) in [6.07, 6.45) is 0. The summed E-state index contributed by atoms with van der Waals surface area (Å²) >= 11 is 0. The molecule has 0 saturated carbocycles. The molecule has 0 fully saturated rings. The molecule has 3 nitrogen and oxygen atoms in total. The molecule has 0 atom stereocenters. The van der Waals surface area contributed by atoms with Crippen molar-refractivity contribution in [3.63, 3.8) is 0 Å². The van der Waals surface area contributed by atoms with Gasteiger partial charge in [-0.25, -0.2) is 0 Å². The van der Waals surface area contributed by atoms with Gasteiger partial charge in [0.25, 0.3) is 5.91 Å². The second kappa shape index (κ2) is 7.52. The van der Waals surface area contributed by atoms with Gasteiger partial charge >= 0.3 is 0 Å². The lowest BCUT2D eigenvalue weighted by Gasteiger charge is -2.19. The van der Waals surface area contributed by atoms with E-state index in [4.69, 9.17) is 4.74 Å². The van der Waals surface area contributed by atoms with Gasteiger partial charge < -0.3 is 9.64 Å². The van der Waals surface area contributed by atoms with Crippen LogP contribution in [0.15, 0.2) is 48.5 Å². The van der Waals surface area contributed by atoms with Crippen LogP contribution in [-0.4, -0.2) is 24.4 Å². The van der Waals surface area contributed by atoms with Gasteiger partial charge in [0.15, 0.2) is 0 Å². The lowest BCUT2D eigenvalue weighted by Crippen LogP contribution is -2.26. The van der Waals surface area contributed by atoms with Crippen LogP contribution in [0.5, 0.6) is 5.75 Å². The van der Waals surface area contributed by atoms with Crippen molar-refractivity contribution in [2.24, 2.45) is 0 Å². The molecule has 0 heterocycles. The van der Waals surface area contributed by atoms with Gasteiger partial charge in [0.2, 0.25) is 0 Å². The molecule has 24 heavy (non-hydrogen) atoms. The maximum atomic E-state index is 12.2. The molecule has 0 aromatic heterocycles. The number of carbonyl (C=O) groups excluding carboxylic acids is 1. The number of ether oxygens (including phenoxy) is 1. The number of carbonyl (C=O) groups is 1. The van der Waals surface area contributed by atoms with E-state index in [0.29, 0.717) is 24.5 Å². The predicted octanol–water partition coefficient (Wildman–Crippen LogP) is 4.66. The van der Waals surface area contributed by atoms with Gasteiger partial charge in [-0.05, 0) is 41.7 Å². The molecular weight excluding hydrogens is 298 g/mol. The molecule has 2 aromatic rings. The molecule has 2 aromatic carbocycles. The molecule has 0 aliphatic carbocycles. The predicted molar refractivity (Wildman–Crippen MR) is 98.6 cm³/mol. The highest BCUT2D eigenvalue weighted by atomic mass is 16.5. The third-order valence-corrected chi connectivity index (χ3v) is 4.13. The normalized spacial score (nSPS) is 11.2.